The summed E-state index contributed by atoms with van der Waals surface area (Å²) in [5, 5.41) is 6.60. The van der Waals surface area contributed by atoms with Gasteiger partial charge < -0.3 is 10.6 Å². The second-order valence-corrected chi connectivity index (χ2v) is 5.14. The van der Waals surface area contributed by atoms with Gasteiger partial charge in [0, 0.05) is 23.5 Å². The molecule has 0 unspecified atom stereocenters. The van der Waals surface area contributed by atoms with E-state index in [0.717, 1.165) is 10.5 Å². The fourth-order valence-electron chi connectivity index (χ4n) is 1.46. The summed E-state index contributed by atoms with van der Waals surface area (Å²) in [4.78, 5) is 5.08. The Hall–Kier alpha value is -1.20. The van der Waals surface area contributed by atoms with Crippen LogP contribution < -0.4 is 10.6 Å². The second kappa shape index (κ2) is 8.07. The summed E-state index contributed by atoms with van der Waals surface area (Å²) in [6.07, 6.45) is 1.96. The molecule has 0 amide bonds. The van der Waals surface area contributed by atoms with Crippen molar-refractivity contribution in [2.24, 2.45) is 4.99 Å². The lowest BCUT2D eigenvalue weighted by Crippen LogP contribution is -2.37. The molecule has 0 aliphatic rings. The van der Waals surface area contributed by atoms with Gasteiger partial charge in [0.05, 0.1) is 6.54 Å². The molecule has 6 heteroatoms. The van der Waals surface area contributed by atoms with Gasteiger partial charge >= 0.3 is 0 Å². The zero-order chi connectivity index (χ0) is 14.3. The number of guanidine groups is 1. The number of halogens is 2. The van der Waals surface area contributed by atoms with Crippen molar-refractivity contribution in [2.45, 2.75) is 11.4 Å². The van der Waals surface area contributed by atoms with E-state index >= 15 is 0 Å². The number of rotatable bonds is 5. The third-order valence-corrected chi connectivity index (χ3v) is 3.33. The lowest BCUT2D eigenvalue weighted by Gasteiger charge is -2.13. The van der Waals surface area contributed by atoms with E-state index < -0.39 is 0 Å². The van der Waals surface area contributed by atoms with Gasteiger partial charge in [0.15, 0.2) is 5.96 Å². The van der Waals surface area contributed by atoms with Crippen LogP contribution in [0.3, 0.4) is 0 Å². The van der Waals surface area contributed by atoms with Crippen molar-refractivity contribution in [2.75, 3.05) is 19.8 Å². The van der Waals surface area contributed by atoms with Crippen molar-refractivity contribution >= 4 is 29.3 Å². The van der Waals surface area contributed by atoms with Crippen LogP contribution in [-0.2, 0) is 6.54 Å². The first-order valence-electron chi connectivity index (χ1n) is 5.67. The molecule has 0 saturated heterocycles. The Labute approximate surface area is 122 Å². The van der Waals surface area contributed by atoms with Gasteiger partial charge in [0.1, 0.15) is 5.82 Å². The third-order valence-electron chi connectivity index (χ3n) is 2.36. The summed E-state index contributed by atoms with van der Waals surface area (Å²) < 4.78 is 13.2. The zero-order valence-electron chi connectivity index (χ0n) is 11.0. The smallest absolute Gasteiger partial charge is 0.191 e. The molecule has 0 fully saturated rings. The average molecular weight is 302 g/mol. The lowest BCUT2D eigenvalue weighted by atomic mass is 10.2. The molecule has 1 rings (SSSR count). The molecule has 0 heterocycles. The van der Waals surface area contributed by atoms with Gasteiger partial charge in [-0.3, -0.25) is 4.99 Å². The number of aliphatic imine (C=N–C) groups is 1. The van der Waals surface area contributed by atoms with Crippen LogP contribution in [0.15, 0.2) is 39.7 Å². The summed E-state index contributed by atoms with van der Waals surface area (Å²) in [7, 11) is 1.66. The summed E-state index contributed by atoms with van der Waals surface area (Å²) in [5.74, 6) is 0.352. The second-order valence-electron chi connectivity index (χ2n) is 3.75. The molecule has 0 aliphatic carbocycles. The largest absolute Gasteiger partial charge is 0.352 e. The highest BCUT2D eigenvalue weighted by Gasteiger charge is 2.05. The maximum atomic E-state index is 13.2. The zero-order valence-corrected chi connectivity index (χ0v) is 12.5. The number of thioether (sulfide) groups is 1. The minimum absolute atomic E-state index is 0.244. The Morgan fingerprint density at radius 1 is 1.47 bits per heavy atom. The van der Waals surface area contributed by atoms with Crippen molar-refractivity contribution in [1.29, 1.82) is 0 Å². The Kier molecular flexibility index (Phi) is 6.73. The standard InChI is InChI=1S/C13H17ClFN3S/c1-9(14)7-17-13(16-2)18-8-10-6-11(15)4-5-12(10)19-3/h4-6H,1,7-8H2,2-3H3,(H2,16,17,18). The van der Waals surface area contributed by atoms with E-state index in [2.05, 4.69) is 22.2 Å². The van der Waals surface area contributed by atoms with E-state index in [-0.39, 0.29) is 5.82 Å². The molecule has 19 heavy (non-hydrogen) atoms. The van der Waals surface area contributed by atoms with Crippen LogP contribution in [0.25, 0.3) is 0 Å². The predicted molar refractivity (Wildman–Crippen MR) is 81.4 cm³/mol. The molecule has 104 valence electrons. The van der Waals surface area contributed by atoms with Gasteiger partial charge in [-0.2, -0.15) is 0 Å². The van der Waals surface area contributed by atoms with Crippen molar-refractivity contribution in [3.05, 3.63) is 41.2 Å². The molecule has 0 saturated carbocycles. The monoisotopic (exact) mass is 301 g/mol. The maximum absolute atomic E-state index is 13.2. The van der Waals surface area contributed by atoms with Gasteiger partial charge in [-0.05, 0) is 30.0 Å². The van der Waals surface area contributed by atoms with Gasteiger partial charge in [-0.25, -0.2) is 4.39 Å². The van der Waals surface area contributed by atoms with Gasteiger partial charge in [0.25, 0.3) is 0 Å². The fraction of sp³-hybridized carbons (Fsp3) is 0.308. The van der Waals surface area contributed by atoms with Crippen molar-refractivity contribution in [3.63, 3.8) is 0 Å². The average Bonchev–Trinajstić information content (AvgIpc) is 2.39. The molecule has 0 radical (unpaired) electrons. The molecule has 0 spiro atoms. The highest BCUT2D eigenvalue weighted by molar-refractivity contribution is 7.98. The predicted octanol–water partition coefficient (Wildman–Crippen LogP) is 2.97. The summed E-state index contributed by atoms with van der Waals surface area (Å²) in [6.45, 7) is 4.50. The van der Waals surface area contributed by atoms with Crippen molar-refractivity contribution < 1.29 is 4.39 Å². The molecule has 2 N–H and O–H groups in total. The molecule has 3 nitrogen and oxygen atoms in total. The van der Waals surface area contributed by atoms with E-state index in [0.29, 0.717) is 24.1 Å². The van der Waals surface area contributed by atoms with Crippen LogP contribution in [0.4, 0.5) is 4.39 Å². The molecule has 1 aromatic carbocycles. The van der Waals surface area contributed by atoms with Gasteiger partial charge in [-0.1, -0.05) is 18.2 Å². The summed E-state index contributed by atoms with van der Waals surface area (Å²) in [5.41, 5.74) is 0.889. The minimum Gasteiger partial charge on any atom is -0.352 e. The number of benzene rings is 1. The van der Waals surface area contributed by atoms with E-state index in [1.165, 1.54) is 12.1 Å². The molecule has 0 atom stereocenters. The SMILES string of the molecule is C=C(Cl)CNC(=NC)NCc1cc(F)ccc1SC. The molecular formula is C13H17ClFN3S. The minimum atomic E-state index is -0.244. The Morgan fingerprint density at radius 2 is 2.21 bits per heavy atom. The topological polar surface area (TPSA) is 36.4 Å². The third kappa shape index (κ3) is 5.53. The molecule has 1 aromatic rings. The molecule has 0 bridgehead atoms. The van der Waals surface area contributed by atoms with Crippen LogP contribution >= 0.6 is 23.4 Å². The molecule has 0 aromatic heterocycles. The molecule has 0 aliphatic heterocycles. The van der Waals surface area contributed by atoms with Crippen molar-refractivity contribution in [1.82, 2.24) is 10.6 Å². The number of nitrogens with zero attached hydrogens (tertiary/aromatic N) is 1. The quantitative estimate of drug-likeness (QED) is 0.499. The van der Waals surface area contributed by atoms with Crippen LogP contribution in [0.1, 0.15) is 5.56 Å². The first-order chi connectivity index (χ1) is 9.06. The van der Waals surface area contributed by atoms with Crippen LogP contribution in [0, 0.1) is 5.82 Å². The van der Waals surface area contributed by atoms with E-state index in [4.69, 9.17) is 11.6 Å². The number of nitrogens with one attached hydrogen (secondary N) is 2. The highest BCUT2D eigenvalue weighted by atomic mass is 35.5. The maximum Gasteiger partial charge on any atom is 0.191 e. The highest BCUT2D eigenvalue weighted by Crippen LogP contribution is 2.21. The fourth-order valence-corrected chi connectivity index (χ4v) is 2.13. The van der Waals surface area contributed by atoms with E-state index in [9.17, 15) is 4.39 Å². The van der Waals surface area contributed by atoms with Crippen LogP contribution in [-0.4, -0.2) is 25.8 Å². The van der Waals surface area contributed by atoms with Crippen LogP contribution in [0.2, 0.25) is 0 Å². The first kappa shape index (κ1) is 15.9. The Balaban J connectivity index is 2.64. The van der Waals surface area contributed by atoms with Crippen molar-refractivity contribution in [3.8, 4) is 0 Å². The van der Waals surface area contributed by atoms with E-state index in [1.807, 2.05) is 6.26 Å². The van der Waals surface area contributed by atoms with Gasteiger partial charge in [-0.15, -0.1) is 11.8 Å². The lowest BCUT2D eigenvalue weighted by molar-refractivity contribution is 0.622. The Morgan fingerprint density at radius 3 is 2.79 bits per heavy atom. The molecular weight excluding hydrogens is 285 g/mol. The first-order valence-corrected chi connectivity index (χ1v) is 7.27. The normalized spacial score (nSPS) is 11.3. The van der Waals surface area contributed by atoms with Crippen LogP contribution in [0.5, 0.6) is 0 Å². The summed E-state index contributed by atoms with van der Waals surface area (Å²) in [6, 6.07) is 4.75. The number of hydrogen-bond donors (Lipinski definition) is 2. The Bertz CT molecular complexity index is 477. The number of hydrogen-bond acceptors (Lipinski definition) is 2. The summed E-state index contributed by atoms with van der Waals surface area (Å²) >= 11 is 7.25. The van der Waals surface area contributed by atoms with E-state index in [1.54, 1.807) is 24.9 Å². The van der Waals surface area contributed by atoms with Gasteiger partial charge in [0.2, 0.25) is 0 Å².